The van der Waals surface area contributed by atoms with Crippen LogP contribution in [0.3, 0.4) is 0 Å². The van der Waals surface area contributed by atoms with Crippen LogP contribution < -0.4 is 16.0 Å². The van der Waals surface area contributed by atoms with Gasteiger partial charge in [0.05, 0.1) is 11.5 Å². The first kappa shape index (κ1) is 28.1. The standard InChI is InChI=1S/C26H40N8O3/c1-28-20-10-9-18(13-21(20)32-27)16-31-26(37)22-14-19(15-23(29-2)30-3)17-34(22)25(36)8-6-7-24(35)33-11-4-5-12-33/h9-10,13,19,22,27-28H,4-8,11-12,14-17H2,1-3H3,(H,29,30)(H,31,37). The van der Waals surface area contributed by atoms with Crippen molar-refractivity contribution in [3.8, 4) is 0 Å². The van der Waals surface area contributed by atoms with E-state index in [0.29, 0.717) is 37.9 Å². The zero-order valence-corrected chi connectivity index (χ0v) is 22.2. The normalized spacial score (nSPS) is 19.6. The highest BCUT2D eigenvalue weighted by molar-refractivity contribution is 5.89. The Morgan fingerprint density at radius 3 is 2.49 bits per heavy atom. The number of benzene rings is 1. The number of carbonyl (C=O) groups excluding carboxylic acids is 3. The summed E-state index contributed by atoms with van der Waals surface area (Å²) < 4.78 is 0. The van der Waals surface area contributed by atoms with Gasteiger partial charge in [-0.25, -0.2) is 5.53 Å². The molecule has 11 nitrogen and oxygen atoms in total. The number of nitrogens with zero attached hydrogens (tertiary/aromatic N) is 4. The Balaban J connectivity index is 1.62. The molecule has 2 atom stereocenters. The molecule has 0 saturated carbocycles. The quantitative estimate of drug-likeness (QED) is 0.205. The zero-order chi connectivity index (χ0) is 26.8. The Labute approximate surface area is 219 Å². The summed E-state index contributed by atoms with van der Waals surface area (Å²) in [4.78, 5) is 46.6. The van der Waals surface area contributed by atoms with Crippen molar-refractivity contribution in [3.63, 3.8) is 0 Å². The van der Waals surface area contributed by atoms with E-state index < -0.39 is 6.04 Å². The molecule has 2 saturated heterocycles. The van der Waals surface area contributed by atoms with Crippen LogP contribution in [0, 0.1) is 11.4 Å². The van der Waals surface area contributed by atoms with Crippen molar-refractivity contribution in [1.29, 1.82) is 5.53 Å². The molecule has 2 unspecified atom stereocenters. The summed E-state index contributed by atoms with van der Waals surface area (Å²) in [7, 11) is 5.30. The summed E-state index contributed by atoms with van der Waals surface area (Å²) >= 11 is 0. The molecule has 2 aliphatic heterocycles. The lowest BCUT2D eigenvalue weighted by Gasteiger charge is -2.24. The summed E-state index contributed by atoms with van der Waals surface area (Å²) in [5, 5.41) is 12.6. The van der Waals surface area contributed by atoms with Gasteiger partial charge in [-0.05, 0) is 49.3 Å². The highest BCUT2D eigenvalue weighted by Crippen LogP contribution is 2.28. The van der Waals surface area contributed by atoms with Gasteiger partial charge in [0.15, 0.2) is 0 Å². The third kappa shape index (κ3) is 7.50. The molecule has 4 N–H and O–H groups in total. The fourth-order valence-corrected chi connectivity index (χ4v) is 5.13. The number of hydrogen-bond acceptors (Lipinski definition) is 7. The Bertz CT molecular complexity index is 1010. The lowest BCUT2D eigenvalue weighted by atomic mass is 10.0. The second-order valence-corrected chi connectivity index (χ2v) is 9.66. The number of anilines is 1. The summed E-state index contributed by atoms with van der Waals surface area (Å²) in [5.74, 6) is 0.766. The molecule has 2 heterocycles. The molecule has 3 amide bonds. The lowest BCUT2D eigenvalue weighted by Crippen LogP contribution is -2.45. The van der Waals surface area contributed by atoms with E-state index in [9.17, 15) is 14.4 Å². The third-order valence-corrected chi connectivity index (χ3v) is 7.21. The van der Waals surface area contributed by atoms with E-state index in [-0.39, 0.29) is 36.6 Å². The van der Waals surface area contributed by atoms with Crippen LogP contribution in [0.15, 0.2) is 28.3 Å². The number of aliphatic imine (C=N–C) groups is 1. The number of amides is 3. The zero-order valence-electron chi connectivity index (χ0n) is 22.2. The molecular formula is C26H40N8O3. The molecule has 2 fully saturated rings. The largest absolute Gasteiger partial charge is 0.386 e. The molecular weight excluding hydrogens is 472 g/mol. The minimum Gasteiger partial charge on any atom is -0.386 e. The van der Waals surface area contributed by atoms with Gasteiger partial charge in [0.2, 0.25) is 17.7 Å². The van der Waals surface area contributed by atoms with Crippen LogP contribution >= 0.6 is 0 Å². The monoisotopic (exact) mass is 512 g/mol. The molecule has 0 spiro atoms. The van der Waals surface area contributed by atoms with Gasteiger partial charge in [-0.3, -0.25) is 19.4 Å². The fraction of sp³-hybridized carbons (Fsp3) is 0.615. The first-order valence-corrected chi connectivity index (χ1v) is 13.1. The maximum Gasteiger partial charge on any atom is 0.243 e. The summed E-state index contributed by atoms with van der Waals surface area (Å²) in [6.07, 6.45) is 4.40. The van der Waals surface area contributed by atoms with Crippen molar-refractivity contribution < 1.29 is 14.4 Å². The van der Waals surface area contributed by atoms with Gasteiger partial charge in [0.1, 0.15) is 11.7 Å². The maximum atomic E-state index is 13.3. The SMILES string of the molecule is CN=C(CC1CC(C(=O)NCc2ccc(NC)c(N=N)c2)N(C(=O)CCCC(=O)N2CCCC2)C1)NC. The second kappa shape index (κ2) is 13.7. The van der Waals surface area contributed by atoms with Crippen LogP contribution in [0.5, 0.6) is 0 Å². The van der Waals surface area contributed by atoms with E-state index in [4.69, 9.17) is 5.53 Å². The second-order valence-electron chi connectivity index (χ2n) is 9.66. The van der Waals surface area contributed by atoms with E-state index in [2.05, 4.69) is 26.1 Å². The number of likely N-dealkylation sites (tertiary alicyclic amines) is 2. The first-order chi connectivity index (χ1) is 17.9. The van der Waals surface area contributed by atoms with Gasteiger partial charge < -0.3 is 25.8 Å². The Morgan fingerprint density at radius 2 is 1.84 bits per heavy atom. The Hall–Kier alpha value is -3.50. The molecule has 1 aromatic rings. The van der Waals surface area contributed by atoms with E-state index in [1.54, 1.807) is 25.1 Å². The number of carbonyl (C=O) groups is 3. The molecule has 202 valence electrons. The average Bonchev–Trinajstić information content (AvgIpc) is 3.61. The highest BCUT2D eigenvalue weighted by atomic mass is 16.2. The molecule has 0 aromatic heterocycles. The van der Waals surface area contributed by atoms with E-state index in [1.807, 2.05) is 24.1 Å². The predicted molar refractivity (Wildman–Crippen MR) is 143 cm³/mol. The minimum absolute atomic E-state index is 0.0926. The van der Waals surface area contributed by atoms with Gasteiger partial charge >= 0.3 is 0 Å². The molecule has 3 rings (SSSR count). The molecule has 0 bridgehead atoms. The van der Waals surface area contributed by atoms with Crippen LogP contribution in [-0.2, 0) is 20.9 Å². The average molecular weight is 513 g/mol. The number of nitrogens with one attached hydrogen (secondary N) is 4. The predicted octanol–water partition coefficient (Wildman–Crippen LogP) is 2.65. The van der Waals surface area contributed by atoms with Crippen molar-refractivity contribution in [1.82, 2.24) is 20.4 Å². The number of amidine groups is 1. The minimum atomic E-state index is -0.571. The number of hydrogen-bond donors (Lipinski definition) is 4. The first-order valence-electron chi connectivity index (χ1n) is 13.1. The lowest BCUT2D eigenvalue weighted by molar-refractivity contribution is -0.139. The Kier molecular flexibility index (Phi) is 10.4. The van der Waals surface area contributed by atoms with Gasteiger partial charge in [-0.1, -0.05) is 6.07 Å². The van der Waals surface area contributed by atoms with Gasteiger partial charge in [-0.15, -0.1) is 0 Å². The van der Waals surface area contributed by atoms with Crippen molar-refractivity contribution in [2.45, 2.75) is 57.5 Å². The Morgan fingerprint density at radius 1 is 1.11 bits per heavy atom. The smallest absolute Gasteiger partial charge is 0.243 e. The van der Waals surface area contributed by atoms with Crippen LogP contribution in [0.4, 0.5) is 11.4 Å². The van der Waals surface area contributed by atoms with Crippen molar-refractivity contribution in [2.24, 2.45) is 16.0 Å². The van der Waals surface area contributed by atoms with Gasteiger partial charge in [0, 0.05) is 66.6 Å². The third-order valence-electron chi connectivity index (χ3n) is 7.21. The van der Waals surface area contributed by atoms with Crippen LogP contribution in [0.25, 0.3) is 0 Å². The fourth-order valence-electron chi connectivity index (χ4n) is 5.13. The van der Waals surface area contributed by atoms with Crippen molar-refractivity contribution >= 4 is 34.9 Å². The maximum absolute atomic E-state index is 13.3. The van der Waals surface area contributed by atoms with E-state index in [1.165, 1.54) is 0 Å². The van der Waals surface area contributed by atoms with E-state index >= 15 is 0 Å². The van der Waals surface area contributed by atoms with Crippen molar-refractivity contribution in [2.75, 3.05) is 46.1 Å². The summed E-state index contributed by atoms with van der Waals surface area (Å²) in [6.45, 7) is 2.38. The van der Waals surface area contributed by atoms with Gasteiger partial charge in [-0.2, -0.15) is 5.11 Å². The summed E-state index contributed by atoms with van der Waals surface area (Å²) in [6, 6.07) is 4.88. The number of rotatable bonds is 11. The van der Waals surface area contributed by atoms with Crippen LogP contribution in [-0.4, -0.2) is 80.2 Å². The molecule has 37 heavy (non-hydrogen) atoms. The molecule has 2 aliphatic rings. The van der Waals surface area contributed by atoms with Crippen LogP contribution in [0.1, 0.15) is 50.5 Å². The highest BCUT2D eigenvalue weighted by Gasteiger charge is 2.39. The molecule has 0 radical (unpaired) electrons. The van der Waals surface area contributed by atoms with E-state index in [0.717, 1.165) is 43.0 Å². The topological polar surface area (TPSA) is 142 Å². The molecule has 1 aromatic carbocycles. The van der Waals surface area contributed by atoms with Crippen LogP contribution in [0.2, 0.25) is 0 Å². The summed E-state index contributed by atoms with van der Waals surface area (Å²) in [5.41, 5.74) is 9.42. The molecule has 0 aliphatic carbocycles. The molecule has 11 heteroatoms. The van der Waals surface area contributed by atoms with Gasteiger partial charge in [0.25, 0.3) is 0 Å². The van der Waals surface area contributed by atoms with Crippen molar-refractivity contribution in [3.05, 3.63) is 23.8 Å².